The first-order valence-corrected chi connectivity index (χ1v) is 12.4. The Labute approximate surface area is 192 Å². The Bertz CT molecular complexity index is 1380. The number of hydrogen-bond donors (Lipinski definition) is 2. The molecule has 4 aromatic rings. The van der Waals surface area contributed by atoms with E-state index in [0.717, 1.165) is 5.56 Å². The second-order valence-corrected chi connectivity index (χ2v) is 9.41. The molecule has 0 aliphatic rings. The third-order valence-corrected chi connectivity index (χ3v) is 6.60. The molecule has 0 saturated carbocycles. The standard InChI is InChI=1S/C24H25N5O3S/c1-3-14-33(31,32)28-19-12-10-18(11-13-19)26-24(30)20-15-22(17-8-6-5-7-9-17)27-23-21(20)16-25-29(23)4-2/h5-13,15-16,28H,3-4,14H2,1-2H3,(H,26,30). The molecule has 8 nitrogen and oxygen atoms in total. The van der Waals surface area contributed by atoms with E-state index in [9.17, 15) is 13.2 Å². The molecule has 4 rings (SSSR count). The van der Waals surface area contributed by atoms with Crippen molar-refractivity contribution in [3.05, 3.63) is 72.4 Å². The molecular formula is C24H25N5O3S. The SMILES string of the molecule is CCCS(=O)(=O)Nc1ccc(NC(=O)c2cc(-c3ccccc3)nc3c2cnn3CC)cc1. The predicted octanol–water partition coefficient (Wildman–Crippen LogP) is 4.52. The zero-order valence-corrected chi connectivity index (χ0v) is 19.3. The summed E-state index contributed by atoms with van der Waals surface area (Å²) in [5.74, 6) is -0.242. The molecule has 0 aliphatic carbocycles. The first-order chi connectivity index (χ1) is 15.9. The van der Waals surface area contributed by atoms with Gasteiger partial charge in [-0.2, -0.15) is 5.10 Å². The maximum absolute atomic E-state index is 13.2. The lowest BCUT2D eigenvalue weighted by atomic mass is 10.1. The first-order valence-electron chi connectivity index (χ1n) is 10.7. The van der Waals surface area contributed by atoms with Crippen LogP contribution in [0.5, 0.6) is 0 Å². The Morgan fingerprint density at radius 3 is 2.36 bits per heavy atom. The van der Waals surface area contributed by atoms with E-state index >= 15 is 0 Å². The fraction of sp³-hybridized carbons (Fsp3) is 0.208. The first kappa shape index (κ1) is 22.5. The Morgan fingerprint density at radius 1 is 1.00 bits per heavy atom. The second kappa shape index (κ2) is 9.41. The number of benzene rings is 2. The molecule has 0 atom stereocenters. The second-order valence-electron chi connectivity index (χ2n) is 7.57. The van der Waals surface area contributed by atoms with E-state index in [1.165, 1.54) is 0 Å². The van der Waals surface area contributed by atoms with Gasteiger partial charge in [-0.15, -0.1) is 0 Å². The Hall–Kier alpha value is -3.72. The molecule has 33 heavy (non-hydrogen) atoms. The number of carbonyl (C=O) groups is 1. The summed E-state index contributed by atoms with van der Waals surface area (Å²) in [7, 11) is -3.37. The molecule has 0 bridgehead atoms. The quantitative estimate of drug-likeness (QED) is 0.400. The number of nitrogens with one attached hydrogen (secondary N) is 2. The third-order valence-electron chi connectivity index (χ3n) is 5.11. The van der Waals surface area contributed by atoms with E-state index in [-0.39, 0.29) is 11.7 Å². The largest absolute Gasteiger partial charge is 0.322 e. The lowest BCUT2D eigenvalue weighted by molar-refractivity contribution is 0.102. The van der Waals surface area contributed by atoms with Gasteiger partial charge in [0, 0.05) is 23.5 Å². The molecule has 0 radical (unpaired) electrons. The number of aryl methyl sites for hydroxylation is 1. The van der Waals surface area contributed by atoms with Crippen molar-refractivity contribution < 1.29 is 13.2 Å². The van der Waals surface area contributed by atoms with Crippen LogP contribution in [-0.2, 0) is 16.6 Å². The van der Waals surface area contributed by atoms with Gasteiger partial charge >= 0.3 is 0 Å². The molecule has 0 unspecified atom stereocenters. The highest BCUT2D eigenvalue weighted by molar-refractivity contribution is 7.92. The van der Waals surface area contributed by atoms with Crippen molar-refractivity contribution in [2.24, 2.45) is 0 Å². The van der Waals surface area contributed by atoms with E-state index in [0.29, 0.717) is 46.6 Å². The van der Waals surface area contributed by atoms with Crippen molar-refractivity contribution >= 4 is 38.3 Å². The molecule has 2 N–H and O–H groups in total. The van der Waals surface area contributed by atoms with Gasteiger partial charge in [-0.25, -0.2) is 18.1 Å². The maximum Gasteiger partial charge on any atom is 0.256 e. The Balaban J connectivity index is 1.63. The number of rotatable bonds is 8. The van der Waals surface area contributed by atoms with Crippen molar-refractivity contribution in [3.63, 3.8) is 0 Å². The summed E-state index contributed by atoms with van der Waals surface area (Å²) in [6.07, 6.45) is 2.19. The summed E-state index contributed by atoms with van der Waals surface area (Å²) in [6, 6.07) is 18.0. The van der Waals surface area contributed by atoms with Crippen LogP contribution in [0.2, 0.25) is 0 Å². The van der Waals surface area contributed by atoms with E-state index in [2.05, 4.69) is 15.1 Å². The van der Waals surface area contributed by atoms with Crippen molar-refractivity contribution in [1.82, 2.24) is 14.8 Å². The molecule has 2 aromatic carbocycles. The van der Waals surface area contributed by atoms with E-state index in [4.69, 9.17) is 4.98 Å². The average molecular weight is 464 g/mol. The number of anilines is 2. The molecule has 0 fully saturated rings. The molecule has 2 aromatic heterocycles. The van der Waals surface area contributed by atoms with Crippen LogP contribution in [0.4, 0.5) is 11.4 Å². The van der Waals surface area contributed by atoms with Crippen LogP contribution in [0.3, 0.4) is 0 Å². The maximum atomic E-state index is 13.2. The number of pyridine rings is 1. The average Bonchev–Trinajstić information content (AvgIpc) is 3.23. The highest BCUT2D eigenvalue weighted by Crippen LogP contribution is 2.26. The molecule has 9 heteroatoms. The third kappa shape index (κ3) is 5.04. The van der Waals surface area contributed by atoms with Gasteiger partial charge in [-0.1, -0.05) is 37.3 Å². The summed E-state index contributed by atoms with van der Waals surface area (Å²) in [5.41, 5.74) is 3.69. The predicted molar refractivity (Wildman–Crippen MR) is 131 cm³/mol. The summed E-state index contributed by atoms with van der Waals surface area (Å²) in [4.78, 5) is 18.0. The van der Waals surface area contributed by atoms with Gasteiger partial charge in [-0.3, -0.25) is 9.52 Å². The smallest absolute Gasteiger partial charge is 0.256 e. The van der Waals surface area contributed by atoms with Crippen LogP contribution < -0.4 is 10.0 Å². The lowest BCUT2D eigenvalue weighted by Gasteiger charge is -2.11. The molecule has 0 aliphatic heterocycles. The summed E-state index contributed by atoms with van der Waals surface area (Å²) in [6.45, 7) is 4.41. The highest BCUT2D eigenvalue weighted by Gasteiger charge is 2.17. The van der Waals surface area contributed by atoms with Crippen molar-refractivity contribution in [2.45, 2.75) is 26.8 Å². The highest BCUT2D eigenvalue weighted by atomic mass is 32.2. The molecule has 1 amide bonds. The molecular weight excluding hydrogens is 438 g/mol. The zero-order valence-electron chi connectivity index (χ0n) is 18.4. The number of carbonyl (C=O) groups excluding carboxylic acids is 1. The van der Waals surface area contributed by atoms with Gasteiger partial charge < -0.3 is 5.32 Å². The minimum Gasteiger partial charge on any atom is -0.322 e. The Morgan fingerprint density at radius 2 is 1.70 bits per heavy atom. The normalized spacial score (nSPS) is 11.5. The van der Waals surface area contributed by atoms with Gasteiger partial charge in [0.05, 0.1) is 28.6 Å². The van der Waals surface area contributed by atoms with Crippen LogP contribution in [-0.4, -0.2) is 34.8 Å². The fourth-order valence-corrected chi connectivity index (χ4v) is 4.68. The molecule has 0 saturated heterocycles. The van der Waals surface area contributed by atoms with E-state index in [1.807, 2.05) is 37.3 Å². The number of hydrogen-bond acceptors (Lipinski definition) is 5. The lowest BCUT2D eigenvalue weighted by Crippen LogP contribution is -2.16. The fourth-order valence-electron chi connectivity index (χ4n) is 3.54. The van der Waals surface area contributed by atoms with Gasteiger partial charge in [0.2, 0.25) is 10.0 Å². The summed E-state index contributed by atoms with van der Waals surface area (Å²) in [5, 5.41) is 7.92. The molecule has 0 spiro atoms. The van der Waals surface area contributed by atoms with Gasteiger partial charge in [-0.05, 0) is 43.7 Å². The van der Waals surface area contributed by atoms with Gasteiger partial charge in [0.1, 0.15) is 0 Å². The monoisotopic (exact) mass is 463 g/mol. The van der Waals surface area contributed by atoms with E-state index in [1.54, 1.807) is 48.1 Å². The number of sulfonamides is 1. The minimum absolute atomic E-state index is 0.0543. The van der Waals surface area contributed by atoms with Crippen LogP contribution in [0, 0.1) is 0 Å². The summed E-state index contributed by atoms with van der Waals surface area (Å²) >= 11 is 0. The Kier molecular flexibility index (Phi) is 6.41. The number of amides is 1. The topological polar surface area (TPSA) is 106 Å². The van der Waals surface area contributed by atoms with Crippen LogP contribution >= 0.6 is 0 Å². The van der Waals surface area contributed by atoms with Crippen LogP contribution in [0.1, 0.15) is 30.6 Å². The molecule has 2 heterocycles. The number of fused-ring (bicyclic) bond motifs is 1. The van der Waals surface area contributed by atoms with E-state index < -0.39 is 10.0 Å². The van der Waals surface area contributed by atoms with Crippen LogP contribution in [0.15, 0.2) is 66.9 Å². The van der Waals surface area contributed by atoms with Gasteiger partial charge in [0.25, 0.3) is 5.91 Å². The van der Waals surface area contributed by atoms with Crippen molar-refractivity contribution in [2.75, 3.05) is 15.8 Å². The number of aromatic nitrogens is 3. The number of nitrogens with zero attached hydrogens (tertiary/aromatic N) is 3. The zero-order chi connectivity index (χ0) is 23.4. The van der Waals surface area contributed by atoms with Crippen molar-refractivity contribution in [3.8, 4) is 11.3 Å². The van der Waals surface area contributed by atoms with Gasteiger partial charge in [0.15, 0.2) is 5.65 Å². The molecule has 170 valence electrons. The minimum atomic E-state index is -3.37. The van der Waals surface area contributed by atoms with Crippen LogP contribution in [0.25, 0.3) is 22.3 Å². The summed E-state index contributed by atoms with van der Waals surface area (Å²) < 4.78 is 28.2. The van der Waals surface area contributed by atoms with Crippen molar-refractivity contribution in [1.29, 1.82) is 0 Å².